The third-order valence-corrected chi connectivity index (χ3v) is 4.28. The summed E-state index contributed by atoms with van der Waals surface area (Å²) in [6, 6.07) is 13.5. The summed E-state index contributed by atoms with van der Waals surface area (Å²) in [7, 11) is 0. The maximum atomic E-state index is 13.0. The molecule has 0 aliphatic rings. The highest BCUT2D eigenvalue weighted by molar-refractivity contribution is 5.90. The van der Waals surface area contributed by atoms with E-state index in [4.69, 9.17) is 0 Å². The fraction of sp³-hybridized carbons (Fsp3) is 0.190. The van der Waals surface area contributed by atoms with Crippen LogP contribution in [0.5, 0.6) is 0 Å². The summed E-state index contributed by atoms with van der Waals surface area (Å²) in [5, 5.41) is 17.8. The summed E-state index contributed by atoms with van der Waals surface area (Å²) < 4.78 is 39.0. The van der Waals surface area contributed by atoms with E-state index in [1.807, 2.05) is 25.1 Å². The molecule has 1 heterocycles. The minimum Gasteiger partial charge on any atom is -0.367 e. The minimum absolute atomic E-state index is 0.110. The lowest BCUT2D eigenvalue weighted by atomic mass is 10.1. The van der Waals surface area contributed by atoms with Crippen LogP contribution in [0.15, 0.2) is 48.5 Å². The Morgan fingerprint density at radius 2 is 1.90 bits per heavy atom. The van der Waals surface area contributed by atoms with Crippen LogP contribution < -0.4 is 16.0 Å². The average molecular weight is 413 g/mol. The molecule has 0 spiro atoms. The molecule has 3 rings (SSSR count). The number of alkyl halides is 3. The number of rotatable bonds is 5. The Morgan fingerprint density at radius 1 is 1.13 bits per heavy atom. The van der Waals surface area contributed by atoms with Gasteiger partial charge in [-0.25, -0.2) is 9.78 Å². The molecule has 0 radical (unpaired) electrons. The van der Waals surface area contributed by atoms with Crippen LogP contribution in [0, 0.1) is 18.3 Å². The van der Waals surface area contributed by atoms with E-state index in [2.05, 4.69) is 27.0 Å². The van der Waals surface area contributed by atoms with E-state index in [0.29, 0.717) is 11.4 Å². The van der Waals surface area contributed by atoms with Gasteiger partial charge in [0, 0.05) is 18.5 Å². The number of hydrogen-bond acceptors (Lipinski definition) is 4. The number of pyridine rings is 1. The molecule has 1 aromatic heterocycles. The maximum absolute atomic E-state index is 13.0. The monoisotopic (exact) mass is 413 g/mol. The quantitative estimate of drug-likeness (QED) is 0.531. The summed E-state index contributed by atoms with van der Waals surface area (Å²) in [6.07, 6.45) is -4.57. The number of aromatic nitrogens is 1. The fourth-order valence-corrected chi connectivity index (χ4v) is 2.86. The SMILES string of the molecule is Cc1ccc2cc(C#N)c(NCCNC(=O)Nc3ccccc3C(F)(F)F)nc2c1. The summed E-state index contributed by atoms with van der Waals surface area (Å²) in [5.74, 6) is 0.375. The lowest BCUT2D eigenvalue weighted by Crippen LogP contribution is -2.33. The van der Waals surface area contributed by atoms with E-state index < -0.39 is 17.8 Å². The van der Waals surface area contributed by atoms with Crippen LogP contribution in [0.25, 0.3) is 10.9 Å². The lowest BCUT2D eigenvalue weighted by Gasteiger charge is -2.14. The van der Waals surface area contributed by atoms with E-state index in [1.165, 1.54) is 18.2 Å². The second-order valence-corrected chi connectivity index (χ2v) is 6.54. The Bertz CT molecular complexity index is 1120. The van der Waals surface area contributed by atoms with Crippen LogP contribution in [-0.4, -0.2) is 24.1 Å². The first kappa shape index (κ1) is 20.9. The van der Waals surface area contributed by atoms with Crippen molar-refractivity contribution in [1.29, 1.82) is 5.26 Å². The van der Waals surface area contributed by atoms with Gasteiger partial charge < -0.3 is 16.0 Å². The normalized spacial score (nSPS) is 11.0. The third kappa shape index (κ3) is 4.97. The molecule has 2 aromatic carbocycles. The number of halogens is 3. The number of anilines is 2. The molecular formula is C21H18F3N5O. The Kier molecular flexibility index (Phi) is 6.06. The van der Waals surface area contributed by atoms with Crippen LogP contribution >= 0.6 is 0 Å². The van der Waals surface area contributed by atoms with E-state index in [0.717, 1.165) is 22.5 Å². The second kappa shape index (κ2) is 8.69. The predicted octanol–water partition coefficient (Wildman–Crippen LogP) is 4.67. The lowest BCUT2D eigenvalue weighted by molar-refractivity contribution is -0.136. The van der Waals surface area contributed by atoms with Crippen LogP contribution in [-0.2, 0) is 6.18 Å². The molecule has 154 valence electrons. The van der Waals surface area contributed by atoms with Crippen molar-refractivity contribution < 1.29 is 18.0 Å². The van der Waals surface area contributed by atoms with E-state index in [-0.39, 0.29) is 18.8 Å². The number of hydrogen-bond donors (Lipinski definition) is 3. The zero-order chi connectivity index (χ0) is 21.7. The van der Waals surface area contributed by atoms with Gasteiger partial charge in [0.1, 0.15) is 11.9 Å². The number of aryl methyl sites for hydroxylation is 1. The molecule has 0 fully saturated rings. The minimum atomic E-state index is -4.57. The molecule has 30 heavy (non-hydrogen) atoms. The van der Waals surface area contributed by atoms with Crippen molar-refractivity contribution in [3.63, 3.8) is 0 Å². The largest absolute Gasteiger partial charge is 0.418 e. The number of nitriles is 1. The van der Waals surface area contributed by atoms with Crippen molar-refractivity contribution in [2.45, 2.75) is 13.1 Å². The van der Waals surface area contributed by atoms with E-state index >= 15 is 0 Å². The molecule has 0 atom stereocenters. The molecule has 0 bridgehead atoms. The van der Waals surface area contributed by atoms with Crippen LogP contribution in [0.3, 0.4) is 0 Å². The number of urea groups is 1. The number of nitrogens with zero attached hydrogens (tertiary/aromatic N) is 2. The van der Waals surface area contributed by atoms with Gasteiger partial charge in [-0.2, -0.15) is 18.4 Å². The van der Waals surface area contributed by atoms with Crippen LogP contribution in [0.1, 0.15) is 16.7 Å². The molecule has 3 N–H and O–H groups in total. The van der Waals surface area contributed by atoms with Crippen molar-refractivity contribution in [3.05, 3.63) is 65.2 Å². The number of amides is 2. The summed E-state index contributed by atoms with van der Waals surface area (Å²) >= 11 is 0. The topological polar surface area (TPSA) is 89.8 Å². The first-order chi connectivity index (χ1) is 14.3. The highest BCUT2D eigenvalue weighted by atomic mass is 19.4. The van der Waals surface area contributed by atoms with Crippen LogP contribution in [0.2, 0.25) is 0 Å². The second-order valence-electron chi connectivity index (χ2n) is 6.54. The molecule has 3 aromatic rings. The molecule has 0 saturated heterocycles. The van der Waals surface area contributed by atoms with Gasteiger partial charge in [-0.05, 0) is 36.8 Å². The number of nitrogens with one attached hydrogen (secondary N) is 3. The van der Waals surface area contributed by atoms with Gasteiger partial charge in [-0.15, -0.1) is 0 Å². The maximum Gasteiger partial charge on any atom is 0.418 e. The van der Waals surface area contributed by atoms with E-state index in [9.17, 15) is 23.2 Å². The van der Waals surface area contributed by atoms with Gasteiger partial charge in [-0.3, -0.25) is 0 Å². The molecule has 0 unspecified atom stereocenters. The summed E-state index contributed by atoms with van der Waals surface area (Å²) in [5.41, 5.74) is 0.866. The van der Waals surface area contributed by atoms with Gasteiger partial charge in [0.05, 0.1) is 22.3 Å². The van der Waals surface area contributed by atoms with Gasteiger partial charge in [0.2, 0.25) is 0 Å². The standard InChI is InChI=1S/C21H18F3N5O/c1-13-6-7-14-11-15(12-25)19(28-18(14)10-13)26-8-9-27-20(30)29-17-5-3-2-4-16(17)21(22,23)24/h2-7,10-11H,8-9H2,1H3,(H,26,28)(H2,27,29,30). The highest BCUT2D eigenvalue weighted by Gasteiger charge is 2.33. The Labute approximate surface area is 170 Å². The fourth-order valence-electron chi connectivity index (χ4n) is 2.86. The molecule has 2 amide bonds. The smallest absolute Gasteiger partial charge is 0.367 e. The van der Waals surface area contributed by atoms with Crippen molar-refractivity contribution in [2.75, 3.05) is 23.7 Å². The third-order valence-electron chi connectivity index (χ3n) is 4.28. The highest BCUT2D eigenvalue weighted by Crippen LogP contribution is 2.34. The zero-order valence-corrected chi connectivity index (χ0v) is 16.0. The molecular weight excluding hydrogens is 395 g/mol. The number of fused-ring (bicyclic) bond motifs is 1. The Hall–Kier alpha value is -3.80. The van der Waals surface area contributed by atoms with Crippen molar-refractivity contribution in [2.24, 2.45) is 0 Å². The Balaban J connectivity index is 1.59. The first-order valence-corrected chi connectivity index (χ1v) is 9.04. The number of carbonyl (C=O) groups is 1. The van der Waals surface area contributed by atoms with E-state index in [1.54, 1.807) is 6.07 Å². The Morgan fingerprint density at radius 3 is 2.63 bits per heavy atom. The number of benzene rings is 2. The first-order valence-electron chi connectivity index (χ1n) is 9.04. The van der Waals surface area contributed by atoms with Crippen LogP contribution in [0.4, 0.5) is 29.5 Å². The number of para-hydroxylation sites is 1. The zero-order valence-electron chi connectivity index (χ0n) is 16.0. The van der Waals surface area contributed by atoms with Gasteiger partial charge in [-0.1, -0.05) is 24.3 Å². The molecule has 9 heteroatoms. The summed E-state index contributed by atoms with van der Waals surface area (Å²) in [4.78, 5) is 16.4. The average Bonchev–Trinajstić information content (AvgIpc) is 2.70. The van der Waals surface area contributed by atoms with Crippen molar-refractivity contribution >= 4 is 28.4 Å². The number of carbonyl (C=O) groups excluding carboxylic acids is 1. The predicted molar refractivity (Wildman–Crippen MR) is 108 cm³/mol. The molecule has 0 aliphatic carbocycles. The molecule has 0 aliphatic heterocycles. The molecule has 6 nitrogen and oxygen atoms in total. The molecule has 0 saturated carbocycles. The van der Waals surface area contributed by atoms with Crippen molar-refractivity contribution in [3.8, 4) is 6.07 Å². The van der Waals surface area contributed by atoms with Gasteiger partial charge in [0.25, 0.3) is 0 Å². The summed E-state index contributed by atoms with van der Waals surface area (Å²) in [6.45, 7) is 2.28. The van der Waals surface area contributed by atoms with Crippen molar-refractivity contribution in [1.82, 2.24) is 10.3 Å². The van der Waals surface area contributed by atoms with Gasteiger partial charge >= 0.3 is 12.2 Å². The van der Waals surface area contributed by atoms with Gasteiger partial charge in [0.15, 0.2) is 0 Å².